The van der Waals surface area contributed by atoms with Crippen molar-refractivity contribution in [1.82, 2.24) is 0 Å². The highest BCUT2D eigenvalue weighted by molar-refractivity contribution is 4.73. The smallest absolute Gasteiger partial charge is 0.0764 e. The normalized spacial score (nSPS) is 31.1. The minimum Gasteiger partial charge on any atom is -0.375 e. The number of hydrogen-bond acceptors (Lipinski definition) is 2. The fourth-order valence-electron chi connectivity index (χ4n) is 1.62. The van der Waals surface area contributed by atoms with E-state index in [9.17, 15) is 0 Å². The Labute approximate surface area is 68.1 Å². The summed E-state index contributed by atoms with van der Waals surface area (Å²) in [5.41, 5.74) is 9.25. The molecule has 0 radical (unpaired) electrons. The Morgan fingerprint density at radius 3 is 2.45 bits per heavy atom. The van der Waals surface area contributed by atoms with E-state index in [0.717, 1.165) is 25.9 Å². The van der Waals surface area contributed by atoms with Gasteiger partial charge in [-0.2, -0.15) is 0 Å². The van der Waals surface area contributed by atoms with Gasteiger partial charge in [-0.25, -0.2) is 0 Å². The van der Waals surface area contributed by atoms with Gasteiger partial charge in [0.1, 0.15) is 0 Å². The molecule has 1 fully saturated rings. The first-order valence-corrected chi connectivity index (χ1v) is 4.51. The van der Waals surface area contributed by atoms with Gasteiger partial charge in [0.25, 0.3) is 0 Å². The van der Waals surface area contributed by atoms with Crippen molar-refractivity contribution < 1.29 is 10.5 Å². The zero-order chi connectivity index (χ0) is 8.10. The predicted octanol–water partition coefficient (Wildman–Crippen LogP) is -0.485. The molecule has 11 heavy (non-hydrogen) atoms. The van der Waals surface area contributed by atoms with E-state index in [0.29, 0.717) is 12.2 Å². The van der Waals surface area contributed by atoms with Gasteiger partial charge < -0.3 is 16.2 Å². The molecule has 2 atom stereocenters. The molecular weight excluding hydrogens is 140 g/mol. The maximum absolute atomic E-state index is 5.72. The van der Waals surface area contributed by atoms with E-state index in [1.54, 1.807) is 0 Å². The first-order valence-electron chi connectivity index (χ1n) is 4.51. The number of nitrogens with two attached hydrogens (primary N) is 1. The monoisotopic (exact) mass is 159 g/mol. The van der Waals surface area contributed by atoms with Gasteiger partial charge in [-0.05, 0) is 25.8 Å². The van der Waals surface area contributed by atoms with E-state index >= 15 is 0 Å². The third-order valence-corrected chi connectivity index (χ3v) is 2.21. The summed E-state index contributed by atoms with van der Waals surface area (Å²) in [6, 6.07) is 0. The van der Waals surface area contributed by atoms with Gasteiger partial charge in [-0.3, -0.25) is 0 Å². The van der Waals surface area contributed by atoms with Crippen molar-refractivity contribution in [2.24, 2.45) is 5.73 Å². The van der Waals surface area contributed by atoms with Crippen molar-refractivity contribution in [1.29, 1.82) is 0 Å². The lowest BCUT2D eigenvalue weighted by atomic mass is 10.1. The lowest BCUT2D eigenvalue weighted by Gasteiger charge is -2.10. The first-order chi connectivity index (χ1) is 5.36. The van der Waals surface area contributed by atoms with Crippen LogP contribution in [0.5, 0.6) is 0 Å². The van der Waals surface area contributed by atoms with Crippen LogP contribution in [-0.2, 0) is 4.74 Å². The molecule has 1 saturated heterocycles. The molecule has 0 aromatic heterocycles. The molecule has 1 rings (SSSR count). The van der Waals surface area contributed by atoms with E-state index in [4.69, 9.17) is 10.5 Å². The van der Waals surface area contributed by atoms with Gasteiger partial charge in [-0.1, -0.05) is 0 Å². The molecule has 5 N–H and O–H groups in total. The van der Waals surface area contributed by atoms with Gasteiger partial charge in [-0.15, -0.1) is 0 Å². The second-order valence-electron chi connectivity index (χ2n) is 3.18. The lowest BCUT2D eigenvalue weighted by Crippen LogP contribution is -2.51. The molecule has 1 aliphatic rings. The SMILES string of the molecule is NCCC1CCC(CC[NH3+])O1. The summed E-state index contributed by atoms with van der Waals surface area (Å²) < 4.78 is 5.72. The molecule has 0 aromatic rings. The van der Waals surface area contributed by atoms with E-state index in [1.807, 2.05) is 0 Å². The summed E-state index contributed by atoms with van der Waals surface area (Å²) >= 11 is 0. The zero-order valence-electron chi connectivity index (χ0n) is 7.09. The van der Waals surface area contributed by atoms with Gasteiger partial charge in [0.2, 0.25) is 0 Å². The third kappa shape index (κ3) is 2.77. The molecule has 3 heteroatoms. The minimum atomic E-state index is 0.441. The van der Waals surface area contributed by atoms with Crippen LogP contribution in [0.4, 0.5) is 0 Å². The topological polar surface area (TPSA) is 62.9 Å². The number of quaternary nitrogens is 1. The van der Waals surface area contributed by atoms with Gasteiger partial charge in [0.05, 0.1) is 18.8 Å². The maximum Gasteiger partial charge on any atom is 0.0764 e. The van der Waals surface area contributed by atoms with Crippen LogP contribution < -0.4 is 11.5 Å². The Bertz CT molecular complexity index is 96.3. The summed E-state index contributed by atoms with van der Waals surface area (Å²) in [6.45, 7) is 1.74. The number of hydrogen-bond donors (Lipinski definition) is 2. The molecular formula is C8H19N2O+. The predicted molar refractivity (Wildman–Crippen MR) is 43.9 cm³/mol. The highest BCUT2D eigenvalue weighted by Crippen LogP contribution is 2.22. The van der Waals surface area contributed by atoms with Crippen LogP contribution in [0.1, 0.15) is 25.7 Å². The quantitative estimate of drug-likeness (QED) is 0.581. The molecule has 66 valence electrons. The van der Waals surface area contributed by atoms with E-state index in [2.05, 4.69) is 5.73 Å². The van der Waals surface area contributed by atoms with Crippen LogP contribution in [0.3, 0.4) is 0 Å². The Hall–Kier alpha value is -0.120. The largest absolute Gasteiger partial charge is 0.375 e. The van der Waals surface area contributed by atoms with E-state index < -0.39 is 0 Å². The molecule has 0 aromatic carbocycles. The summed E-state index contributed by atoms with van der Waals surface area (Å²) in [5.74, 6) is 0. The van der Waals surface area contributed by atoms with Crippen molar-refractivity contribution in [3.05, 3.63) is 0 Å². The second-order valence-corrected chi connectivity index (χ2v) is 3.18. The summed E-state index contributed by atoms with van der Waals surface area (Å²) in [5, 5.41) is 0. The molecule has 0 amide bonds. The lowest BCUT2D eigenvalue weighted by molar-refractivity contribution is -0.371. The second kappa shape index (κ2) is 4.70. The molecule has 0 aliphatic carbocycles. The number of rotatable bonds is 4. The first kappa shape index (κ1) is 8.97. The Kier molecular flexibility index (Phi) is 3.83. The van der Waals surface area contributed by atoms with E-state index in [1.165, 1.54) is 12.8 Å². The Balaban J connectivity index is 2.12. The van der Waals surface area contributed by atoms with Crippen LogP contribution in [0.2, 0.25) is 0 Å². The standard InChI is InChI=1S/C8H18N2O/c9-5-3-7-1-2-8(11-7)4-6-10/h7-8H,1-6,9-10H2/p+1. The molecule has 3 nitrogen and oxygen atoms in total. The van der Waals surface area contributed by atoms with Gasteiger partial charge >= 0.3 is 0 Å². The van der Waals surface area contributed by atoms with Crippen molar-refractivity contribution in [2.75, 3.05) is 13.1 Å². The van der Waals surface area contributed by atoms with Crippen molar-refractivity contribution in [2.45, 2.75) is 37.9 Å². The van der Waals surface area contributed by atoms with Crippen molar-refractivity contribution in [3.63, 3.8) is 0 Å². The summed E-state index contributed by atoms with van der Waals surface area (Å²) in [7, 11) is 0. The molecule has 0 bridgehead atoms. The van der Waals surface area contributed by atoms with Gasteiger partial charge in [0, 0.05) is 6.42 Å². The summed E-state index contributed by atoms with van der Waals surface area (Å²) in [6.07, 6.45) is 5.46. The van der Waals surface area contributed by atoms with Crippen molar-refractivity contribution >= 4 is 0 Å². The number of ether oxygens (including phenoxy) is 1. The zero-order valence-corrected chi connectivity index (χ0v) is 7.09. The molecule has 0 saturated carbocycles. The average Bonchev–Trinajstić information content (AvgIpc) is 2.38. The van der Waals surface area contributed by atoms with Crippen LogP contribution in [0.15, 0.2) is 0 Å². The molecule has 1 heterocycles. The van der Waals surface area contributed by atoms with Crippen LogP contribution in [-0.4, -0.2) is 25.3 Å². The van der Waals surface area contributed by atoms with E-state index in [-0.39, 0.29) is 0 Å². The minimum absolute atomic E-state index is 0.441. The van der Waals surface area contributed by atoms with Gasteiger partial charge in [0.15, 0.2) is 0 Å². The Morgan fingerprint density at radius 1 is 1.27 bits per heavy atom. The molecule has 1 aliphatic heterocycles. The van der Waals surface area contributed by atoms with Crippen molar-refractivity contribution in [3.8, 4) is 0 Å². The average molecular weight is 159 g/mol. The van der Waals surface area contributed by atoms with Crippen LogP contribution in [0.25, 0.3) is 0 Å². The fourth-order valence-corrected chi connectivity index (χ4v) is 1.62. The molecule has 2 unspecified atom stereocenters. The third-order valence-electron chi connectivity index (χ3n) is 2.21. The highest BCUT2D eigenvalue weighted by atomic mass is 16.5. The summed E-state index contributed by atoms with van der Waals surface area (Å²) in [4.78, 5) is 0. The Morgan fingerprint density at radius 2 is 1.91 bits per heavy atom. The highest BCUT2D eigenvalue weighted by Gasteiger charge is 2.23. The van der Waals surface area contributed by atoms with Crippen LogP contribution in [0, 0.1) is 0 Å². The molecule has 0 spiro atoms. The maximum atomic E-state index is 5.72. The fraction of sp³-hybridized carbons (Fsp3) is 1.00. The van der Waals surface area contributed by atoms with Crippen LogP contribution >= 0.6 is 0 Å².